The van der Waals surface area contributed by atoms with Crippen molar-refractivity contribution in [1.82, 2.24) is 0 Å². The first-order valence-corrected chi connectivity index (χ1v) is 7.11. The van der Waals surface area contributed by atoms with Gasteiger partial charge >= 0.3 is 0 Å². The molecule has 0 unspecified atom stereocenters. The van der Waals surface area contributed by atoms with Gasteiger partial charge in [-0.3, -0.25) is 0 Å². The van der Waals surface area contributed by atoms with Gasteiger partial charge in [-0.2, -0.15) is 5.26 Å². The number of allylic oxidation sites excluding steroid dienone is 1. The van der Waals surface area contributed by atoms with E-state index in [0.717, 1.165) is 28.0 Å². The summed E-state index contributed by atoms with van der Waals surface area (Å²) in [5, 5.41) is 9.17. The van der Waals surface area contributed by atoms with Crippen molar-refractivity contribution in [2.45, 2.75) is 6.92 Å². The third-order valence-corrected chi connectivity index (χ3v) is 3.59. The molecule has 0 saturated carbocycles. The third-order valence-electron chi connectivity index (χ3n) is 3.59. The predicted octanol–water partition coefficient (Wildman–Crippen LogP) is 3.98. The fourth-order valence-corrected chi connectivity index (χ4v) is 2.35. The monoisotopic (exact) mass is 309 g/mol. The Balaban J connectivity index is 2.60. The van der Waals surface area contributed by atoms with E-state index in [-0.39, 0.29) is 0 Å². The van der Waals surface area contributed by atoms with Crippen LogP contribution in [0.15, 0.2) is 42.5 Å². The Kier molecular flexibility index (Phi) is 5.27. The molecule has 0 radical (unpaired) electrons. The van der Waals surface area contributed by atoms with Crippen molar-refractivity contribution in [2.24, 2.45) is 0 Å². The number of nitrogens with zero attached hydrogens (tertiary/aromatic N) is 1. The Morgan fingerprint density at radius 1 is 0.913 bits per heavy atom. The first-order valence-electron chi connectivity index (χ1n) is 7.11. The second kappa shape index (κ2) is 7.37. The molecule has 2 aromatic rings. The van der Waals surface area contributed by atoms with E-state index in [1.54, 1.807) is 27.4 Å². The van der Waals surface area contributed by atoms with Crippen LogP contribution in [0.3, 0.4) is 0 Å². The molecule has 2 rings (SSSR count). The van der Waals surface area contributed by atoms with Gasteiger partial charge in [0, 0.05) is 12.1 Å². The van der Waals surface area contributed by atoms with Crippen molar-refractivity contribution in [3.63, 3.8) is 0 Å². The van der Waals surface area contributed by atoms with Crippen LogP contribution in [0.4, 0.5) is 0 Å². The van der Waals surface area contributed by atoms with Crippen LogP contribution in [0, 0.1) is 18.3 Å². The molecule has 0 aromatic heterocycles. The average molecular weight is 309 g/mol. The summed E-state index contributed by atoms with van der Waals surface area (Å²) in [6.45, 7) is 1.98. The summed E-state index contributed by atoms with van der Waals surface area (Å²) < 4.78 is 16.0. The number of benzene rings is 2. The van der Waals surface area contributed by atoms with Crippen molar-refractivity contribution in [3.8, 4) is 23.3 Å². The summed E-state index contributed by atoms with van der Waals surface area (Å²) >= 11 is 0. The smallest absolute Gasteiger partial charge is 0.123 e. The Morgan fingerprint density at radius 3 is 2.09 bits per heavy atom. The molecule has 0 aliphatic rings. The zero-order valence-corrected chi connectivity index (χ0v) is 13.7. The first kappa shape index (κ1) is 16.4. The van der Waals surface area contributed by atoms with Gasteiger partial charge in [0.1, 0.15) is 17.2 Å². The zero-order chi connectivity index (χ0) is 16.8. The summed E-state index contributed by atoms with van der Waals surface area (Å²) in [4.78, 5) is 0. The molecule has 4 heteroatoms. The molecular weight excluding hydrogens is 290 g/mol. The Labute approximate surface area is 136 Å². The minimum absolute atomic E-state index is 0.669. The van der Waals surface area contributed by atoms with E-state index in [0.29, 0.717) is 11.5 Å². The molecule has 0 aliphatic carbocycles. The molecule has 4 nitrogen and oxygen atoms in total. The maximum absolute atomic E-state index is 9.17. The van der Waals surface area contributed by atoms with E-state index >= 15 is 0 Å². The van der Waals surface area contributed by atoms with E-state index in [1.165, 1.54) is 6.08 Å². The van der Waals surface area contributed by atoms with Crippen LogP contribution in [0.5, 0.6) is 17.2 Å². The van der Waals surface area contributed by atoms with E-state index in [2.05, 4.69) is 6.07 Å². The van der Waals surface area contributed by atoms with Crippen LogP contribution in [-0.2, 0) is 0 Å². The quantitative estimate of drug-likeness (QED) is 0.784. The van der Waals surface area contributed by atoms with Crippen molar-refractivity contribution < 1.29 is 14.2 Å². The molecule has 0 fully saturated rings. The fourth-order valence-electron chi connectivity index (χ4n) is 2.35. The van der Waals surface area contributed by atoms with Crippen molar-refractivity contribution >= 4 is 5.57 Å². The number of hydrogen-bond acceptors (Lipinski definition) is 4. The Morgan fingerprint density at radius 2 is 1.57 bits per heavy atom. The number of aryl methyl sites for hydroxylation is 1. The lowest BCUT2D eigenvalue weighted by molar-refractivity contribution is 0.394. The highest BCUT2D eigenvalue weighted by atomic mass is 16.5. The summed E-state index contributed by atoms with van der Waals surface area (Å²) in [6, 6.07) is 13.5. The molecule has 0 amide bonds. The minimum Gasteiger partial charge on any atom is -0.497 e. The molecular formula is C19H19NO3. The maximum atomic E-state index is 9.17. The molecule has 0 heterocycles. The first-order chi connectivity index (χ1) is 11.1. The number of rotatable bonds is 5. The van der Waals surface area contributed by atoms with Crippen LogP contribution in [0.25, 0.3) is 5.57 Å². The molecule has 118 valence electrons. The van der Waals surface area contributed by atoms with Gasteiger partial charge in [0.25, 0.3) is 0 Å². The summed E-state index contributed by atoms with van der Waals surface area (Å²) in [6.07, 6.45) is 1.51. The van der Waals surface area contributed by atoms with Gasteiger partial charge in [-0.1, -0.05) is 12.1 Å². The molecule has 0 atom stereocenters. The van der Waals surface area contributed by atoms with Crippen LogP contribution in [0.2, 0.25) is 0 Å². The molecule has 0 aliphatic heterocycles. The molecule has 2 aromatic carbocycles. The van der Waals surface area contributed by atoms with Gasteiger partial charge in [-0.15, -0.1) is 0 Å². The van der Waals surface area contributed by atoms with E-state index in [4.69, 9.17) is 14.2 Å². The van der Waals surface area contributed by atoms with Crippen LogP contribution >= 0.6 is 0 Å². The van der Waals surface area contributed by atoms with Gasteiger partial charge < -0.3 is 14.2 Å². The zero-order valence-electron chi connectivity index (χ0n) is 13.7. The van der Waals surface area contributed by atoms with Crippen LogP contribution in [-0.4, -0.2) is 21.3 Å². The van der Waals surface area contributed by atoms with Crippen molar-refractivity contribution in [2.75, 3.05) is 21.3 Å². The predicted molar refractivity (Wildman–Crippen MR) is 90.0 cm³/mol. The van der Waals surface area contributed by atoms with Crippen LogP contribution in [0.1, 0.15) is 16.7 Å². The summed E-state index contributed by atoms with van der Waals surface area (Å²) in [5.74, 6) is 2.12. The largest absolute Gasteiger partial charge is 0.497 e. The minimum atomic E-state index is 0.669. The van der Waals surface area contributed by atoms with Gasteiger partial charge in [0.15, 0.2) is 0 Å². The number of methoxy groups -OCH3 is 3. The summed E-state index contributed by atoms with van der Waals surface area (Å²) in [7, 11) is 4.83. The van der Waals surface area contributed by atoms with Crippen molar-refractivity contribution in [3.05, 3.63) is 59.2 Å². The van der Waals surface area contributed by atoms with Gasteiger partial charge in [0.2, 0.25) is 0 Å². The van der Waals surface area contributed by atoms with Crippen LogP contribution < -0.4 is 14.2 Å². The molecule has 0 bridgehead atoms. The Bertz CT molecular complexity index is 750. The topological polar surface area (TPSA) is 51.5 Å². The third kappa shape index (κ3) is 3.64. The summed E-state index contributed by atoms with van der Waals surface area (Å²) in [5.41, 5.74) is 3.55. The average Bonchev–Trinajstić information content (AvgIpc) is 2.59. The van der Waals surface area contributed by atoms with Gasteiger partial charge in [-0.25, -0.2) is 0 Å². The lowest BCUT2D eigenvalue weighted by atomic mass is 9.96. The fraction of sp³-hybridized carbons (Fsp3) is 0.211. The number of hydrogen-bond donors (Lipinski definition) is 0. The molecule has 0 N–H and O–H groups in total. The highest BCUT2D eigenvalue weighted by Gasteiger charge is 2.11. The highest BCUT2D eigenvalue weighted by molar-refractivity contribution is 5.83. The second-order valence-electron chi connectivity index (χ2n) is 4.97. The molecule has 0 saturated heterocycles. The highest BCUT2D eigenvalue weighted by Crippen LogP contribution is 2.32. The number of ether oxygens (including phenoxy) is 3. The lowest BCUT2D eigenvalue weighted by Crippen LogP contribution is -1.95. The van der Waals surface area contributed by atoms with Crippen molar-refractivity contribution in [1.29, 1.82) is 5.26 Å². The molecule has 0 spiro atoms. The lowest BCUT2D eigenvalue weighted by Gasteiger charge is -2.13. The second-order valence-corrected chi connectivity index (χ2v) is 4.97. The molecule has 23 heavy (non-hydrogen) atoms. The SMILES string of the molecule is COc1cc(OC)cc(C(=CC#N)c2ccc(C)c(OC)c2)c1. The Hall–Kier alpha value is -2.93. The number of nitriles is 1. The van der Waals surface area contributed by atoms with E-state index < -0.39 is 0 Å². The van der Waals surface area contributed by atoms with Gasteiger partial charge in [0.05, 0.1) is 27.4 Å². The standard InChI is InChI=1S/C19H19NO3/c1-13-5-6-14(11-19(13)23-4)18(7-8-20)15-9-16(21-2)12-17(10-15)22-3/h5-7,9-12H,1-4H3. The van der Waals surface area contributed by atoms with Gasteiger partial charge in [-0.05, 0) is 47.4 Å². The maximum Gasteiger partial charge on any atom is 0.123 e. The van der Waals surface area contributed by atoms with E-state index in [1.807, 2.05) is 37.3 Å². The normalized spacial score (nSPS) is 10.8. The van der Waals surface area contributed by atoms with E-state index in [9.17, 15) is 5.26 Å².